The molecule has 3 nitrogen and oxygen atoms in total. The van der Waals surface area contributed by atoms with Gasteiger partial charge in [-0.2, -0.15) is 17.0 Å². The third-order valence-corrected chi connectivity index (χ3v) is 5.13. The Morgan fingerprint density at radius 1 is 1.15 bits per heavy atom. The molecular formula is C23H25NO2S. The summed E-state index contributed by atoms with van der Waals surface area (Å²) in [4.78, 5) is 12.1. The monoisotopic (exact) mass is 379 g/mol. The van der Waals surface area contributed by atoms with Gasteiger partial charge in [0.2, 0.25) is 0 Å². The number of carbonyl (C=O) groups is 1. The van der Waals surface area contributed by atoms with E-state index in [0.29, 0.717) is 0 Å². The molecule has 2 aromatic rings. The molecule has 0 aliphatic rings. The molecule has 0 heterocycles. The van der Waals surface area contributed by atoms with E-state index in [0.717, 1.165) is 22.6 Å². The van der Waals surface area contributed by atoms with Crippen molar-refractivity contribution in [2.24, 2.45) is 0 Å². The summed E-state index contributed by atoms with van der Waals surface area (Å²) in [6, 6.07) is 16.5. The number of carbonyl (C=O) groups excluding carboxylic acids is 1. The topological polar surface area (TPSA) is 50.1 Å². The van der Waals surface area contributed by atoms with E-state index in [1.807, 2.05) is 30.8 Å². The Hall–Kier alpha value is -2.51. The fraction of sp³-hybridized carbons (Fsp3) is 0.304. The van der Waals surface area contributed by atoms with Crippen molar-refractivity contribution in [2.75, 3.05) is 0 Å². The minimum atomic E-state index is -0.576. The van der Waals surface area contributed by atoms with Crippen LogP contribution >= 0.6 is 11.8 Å². The van der Waals surface area contributed by atoms with Gasteiger partial charge in [0.25, 0.3) is 0 Å². The van der Waals surface area contributed by atoms with Crippen LogP contribution in [0.15, 0.2) is 48.0 Å². The van der Waals surface area contributed by atoms with Crippen LogP contribution in [0.3, 0.4) is 0 Å². The molecule has 0 saturated heterocycles. The molecule has 0 atom stereocenters. The first-order valence-electron chi connectivity index (χ1n) is 8.95. The molecule has 2 rings (SSSR count). The second kappa shape index (κ2) is 9.99. The summed E-state index contributed by atoms with van der Waals surface area (Å²) in [5.74, 6) is 1.25. The second-order valence-corrected chi connectivity index (χ2v) is 7.72. The van der Waals surface area contributed by atoms with Gasteiger partial charge in [-0.3, -0.25) is 0 Å². The lowest BCUT2D eigenvalue weighted by molar-refractivity contribution is -0.142. The van der Waals surface area contributed by atoms with Crippen molar-refractivity contribution < 1.29 is 9.53 Å². The van der Waals surface area contributed by atoms with E-state index in [9.17, 15) is 10.1 Å². The number of benzene rings is 2. The van der Waals surface area contributed by atoms with Crippen molar-refractivity contribution in [3.8, 4) is 6.07 Å². The van der Waals surface area contributed by atoms with Crippen molar-refractivity contribution in [2.45, 2.75) is 45.3 Å². The van der Waals surface area contributed by atoms with E-state index in [-0.39, 0.29) is 11.7 Å². The van der Waals surface area contributed by atoms with E-state index in [4.69, 9.17) is 4.74 Å². The first-order chi connectivity index (χ1) is 12.9. The summed E-state index contributed by atoms with van der Waals surface area (Å²) in [6.07, 6.45) is 1.38. The van der Waals surface area contributed by atoms with Crippen molar-refractivity contribution in [3.05, 3.63) is 75.9 Å². The van der Waals surface area contributed by atoms with Gasteiger partial charge in [0.15, 0.2) is 0 Å². The quantitative estimate of drug-likeness (QED) is 0.357. The maximum atomic E-state index is 12.1. The Labute approximate surface area is 166 Å². The van der Waals surface area contributed by atoms with E-state index in [2.05, 4.69) is 43.3 Å². The zero-order valence-corrected chi connectivity index (χ0v) is 17.1. The first kappa shape index (κ1) is 20.8. The van der Waals surface area contributed by atoms with Gasteiger partial charge in [0, 0.05) is 11.5 Å². The van der Waals surface area contributed by atoms with E-state index in [1.54, 1.807) is 19.9 Å². The molecule has 0 N–H and O–H groups in total. The fourth-order valence-electron chi connectivity index (χ4n) is 2.65. The molecule has 0 aliphatic heterocycles. The van der Waals surface area contributed by atoms with E-state index < -0.39 is 5.97 Å². The van der Waals surface area contributed by atoms with Crippen LogP contribution in [-0.2, 0) is 21.0 Å². The van der Waals surface area contributed by atoms with Crippen molar-refractivity contribution >= 4 is 23.8 Å². The van der Waals surface area contributed by atoms with Crippen LogP contribution < -0.4 is 0 Å². The molecule has 0 spiro atoms. The van der Waals surface area contributed by atoms with Crippen molar-refractivity contribution in [1.29, 1.82) is 5.26 Å². The highest BCUT2D eigenvalue weighted by atomic mass is 32.2. The molecular weight excluding hydrogens is 354 g/mol. The molecule has 2 aromatic carbocycles. The molecule has 27 heavy (non-hydrogen) atoms. The predicted molar refractivity (Wildman–Crippen MR) is 112 cm³/mol. The van der Waals surface area contributed by atoms with Crippen LogP contribution in [0, 0.1) is 25.2 Å². The maximum Gasteiger partial charge on any atom is 0.349 e. The molecule has 0 saturated carbocycles. The average molecular weight is 380 g/mol. The summed E-state index contributed by atoms with van der Waals surface area (Å²) in [5.41, 5.74) is 5.67. The molecule has 0 unspecified atom stereocenters. The Morgan fingerprint density at radius 3 is 2.48 bits per heavy atom. The molecule has 0 fully saturated rings. The Morgan fingerprint density at radius 2 is 1.85 bits per heavy atom. The average Bonchev–Trinajstić information content (AvgIpc) is 2.62. The van der Waals surface area contributed by atoms with Gasteiger partial charge in [0.1, 0.15) is 11.6 Å². The van der Waals surface area contributed by atoms with Gasteiger partial charge in [-0.05, 0) is 61.6 Å². The fourth-order valence-corrected chi connectivity index (χ4v) is 3.71. The lowest BCUT2D eigenvalue weighted by Crippen LogP contribution is -2.12. The molecule has 0 aromatic heterocycles. The van der Waals surface area contributed by atoms with Gasteiger partial charge < -0.3 is 4.74 Å². The van der Waals surface area contributed by atoms with Gasteiger partial charge in [-0.25, -0.2) is 4.79 Å². The third kappa shape index (κ3) is 6.30. The number of aryl methyl sites for hydroxylation is 2. The highest BCUT2D eigenvalue weighted by Gasteiger charge is 2.13. The Bertz CT molecular complexity index is 864. The van der Waals surface area contributed by atoms with Crippen LogP contribution in [0.5, 0.6) is 0 Å². The SMILES string of the molecule is Cc1cc(C)c(CSCc2ccccc2)cc1/C=C(\C#N)C(=O)OC(C)C. The lowest BCUT2D eigenvalue weighted by Gasteiger charge is -2.11. The van der Waals surface area contributed by atoms with Crippen LogP contribution in [0.4, 0.5) is 0 Å². The third-order valence-electron chi connectivity index (χ3n) is 4.08. The molecule has 4 heteroatoms. The van der Waals surface area contributed by atoms with Gasteiger partial charge in [-0.15, -0.1) is 0 Å². The lowest BCUT2D eigenvalue weighted by atomic mass is 9.99. The standard InChI is InChI=1S/C23H25NO2S/c1-16(2)26-23(25)21(13-24)11-20-12-22(18(4)10-17(20)3)15-27-14-19-8-6-5-7-9-19/h5-12,16H,14-15H2,1-4H3/b21-11+. The number of esters is 1. The smallest absolute Gasteiger partial charge is 0.349 e. The molecule has 0 bridgehead atoms. The Balaban J connectivity index is 2.18. The highest BCUT2D eigenvalue weighted by Crippen LogP contribution is 2.24. The van der Waals surface area contributed by atoms with Crippen LogP contribution in [0.1, 0.15) is 41.7 Å². The van der Waals surface area contributed by atoms with Crippen LogP contribution in [-0.4, -0.2) is 12.1 Å². The summed E-state index contributed by atoms with van der Waals surface area (Å²) >= 11 is 1.85. The number of thioether (sulfide) groups is 1. The molecule has 0 radical (unpaired) electrons. The van der Waals surface area contributed by atoms with Crippen molar-refractivity contribution in [1.82, 2.24) is 0 Å². The summed E-state index contributed by atoms with van der Waals surface area (Å²) in [6.45, 7) is 7.62. The number of nitrogens with zero attached hydrogens (tertiary/aromatic N) is 1. The zero-order valence-electron chi connectivity index (χ0n) is 16.3. The number of rotatable bonds is 7. The first-order valence-corrected chi connectivity index (χ1v) is 10.1. The van der Waals surface area contributed by atoms with Gasteiger partial charge >= 0.3 is 5.97 Å². The molecule has 140 valence electrons. The second-order valence-electron chi connectivity index (χ2n) is 6.74. The normalized spacial score (nSPS) is 11.3. The number of hydrogen-bond acceptors (Lipinski definition) is 4. The summed E-state index contributed by atoms with van der Waals surface area (Å²) < 4.78 is 5.15. The largest absolute Gasteiger partial charge is 0.459 e. The number of hydrogen-bond donors (Lipinski definition) is 0. The van der Waals surface area contributed by atoms with E-state index >= 15 is 0 Å². The minimum absolute atomic E-state index is 0.0264. The van der Waals surface area contributed by atoms with E-state index in [1.165, 1.54) is 16.7 Å². The van der Waals surface area contributed by atoms with Crippen LogP contribution in [0.25, 0.3) is 6.08 Å². The summed E-state index contributed by atoms with van der Waals surface area (Å²) in [5, 5.41) is 9.33. The highest BCUT2D eigenvalue weighted by molar-refractivity contribution is 7.97. The number of ether oxygens (including phenoxy) is 1. The van der Waals surface area contributed by atoms with Crippen molar-refractivity contribution in [3.63, 3.8) is 0 Å². The molecule has 0 amide bonds. The zero-order chi connectivity index (χ0) is 19.8. The Kier molecular flexibility index (Phi) is 7.69. The predicted octanol–water partition coefficient (Wildman–Crippen LogP) is 5.60. The summed E-state index contributed by atoms with van der Waals surface area (Å²) in [7, 11) is 0. The molecule has 0 aliphatic carbocycles. The maximum absolute atomic E-state index is 12.1. The van der Waals surface area contributed by atoms with Gasteiger partial charge in [-0.1, -0.05) is 42.5 Å². The minimum Gasteiger partial charge on any atom is -0.459 e. The van der Waals surface area contributed by atoms with Gasteiger partial charge in [0.05, 0.1) is 6.10 Å². The number of nitriles is 1. The van der Waals surface area contributed by atoms with Crippen LogP contribution in [0.2, 0.25) is 0 Å².